The number of carbonyl (C=O) groups is 1. The molecule has 0 aliphatic heterocycles. The zero-order valence-electron chi connectivity index (χ0n) is 7.36. The highest BCUT2D eigenvalue weighted by Gasteiger charge is 2.21. The summed E-state index contributed by atoms with van der Waals surface area (Å²) in [6.45, 7) is 2.58. The lowest BCUT2D eigenvalue weighted by molar-refractivity contribution is 0.0677. The number of carboxylic acid groups (broad SMARTS) is 1. The van der Waals surface area contributed by atoms with Gasteiger partial charge in [-0.25, -0.2) is 13.9 Å². The summed E-state index contributed by atoms with van der Waals surface area (Å²) in [6.07, 6.45) is 1.09. The Morgan fingerprint density at radius 2 is 2.38 bits per heavy atom. The summed E-state index contributed by atoms with van der Waals surface area (Å²) in [5.74, 6) is -1.16. The van der Waals surface area contributed by atoms with Crippen LogP contribution in [0.3, 0.4) is 0 Å². The fourth-order valence-corrected chi connectivity index (χ4v) is 0.896. The van der Waals surface area contributed by atoms with Crippen molar-refractivity contribution in [1.29, 1.82) is 0 Å². The molecule has 0 aromatic carbocycles. The van der Waals surface area contributed by atoms with Crippen LogP contribution in [0.4, 0.5) is 4.39 Å². The third-order valence-corrected chi connectivity index (χ3v) is 1.36. The van der Waals surface area contributed by atoms with Crippen molar-refractivity contribution < 1.29 is 14.3 Å². The number of hydrogen-bond acceptors (Lipinski definition) is 3. The van der Waals surface area contributed by atoms with Gasteiger partial charge in [-0.2, -0.15) is 0 Å². The quantitative estimate of drug-likeness (QED) is 0.757. The van der Waals surface area contributed by atoms with Gasteiger partial charge in [0.1, 0.15) is 5.67 Å². The van der Waals surface area contributed by atoms with Gasteiger partial charge in [0.2, 0.25) is 0 Å². The van der Waals surface area contributed by atoms with Crippen molar-refractivity contribution in [2.75, 3.05) is 0 Å². The van der Waals surface area contributed by atoms with Gasteiger partial charge in [-0.15, -0.1) is 5.10 Å². The molecule has 1 aromatic rings. The highest BCUT2D eigenvalue weighted by molar-refractivity contribution is 5.85. The Kier molecular flexibility index (Phi) is 2.31. The number of hydrogen-bond donors (Lipinski definition) is 1. The number of halogens is 1. The molecular formula is C7H10FN3O2. The highest BCUT2D eigenvalue weighted by Crippen LogP contribution is 2.12. The van der Waals surface area contributed by atoms with Crippen LogP contribution in [0.2, 0.25) is 0 Å². The smallest absolute Gasteiger partial charge is 0.355 e. The van der Waals surface area contributed by atoms with Gasteiger partial charge in [-0.1, -0.05) is 5.21 Å². The van der Waals surface area contributed by atoms with Crippen molar-refractivity contribution in [1.82, 2.24) is 15.0 Å². The van der Waals surface area contributed by atoms with Crippen LogP contribution in [0.15, 0.2) is 6.20 Å². The van der Waals surface area contributed by atoms with Gasteiger partial charge in [-0.05, 0) is 13.8 Å². The zero-order chi connectivity index (χ0) is 10.1. The number of aromatic carboxylic acids is 1. The molecule has 0 saturated heterocycles. The summed E-state index contributed by atoms with van der Waals surface area (Å²) in [6, 6.07) is 0. The summed E-state index contributed by atoms with van der Waals surface area (Å²) in [4.78, 5) is 10.5. The minimum atomic E-state index is -1.50. The second-order valence-electron chi connectivity index (χ2n) is 3.30. The summed E-state index contributed by atoms with van der Waals surface area (Å²) in [5.41, 5.74) is -1.61. The van der Waals surface area contributed by atoms with Gasteiger partial charge >= 0.3 is 5.97 Å². The molecule has 0 aliphatic carbocycles. The molecule has 0 spiro atoms. The Hall–Kier alpha value is -1.46. The first-order valence-corrected chi connectivity index (χ1v) is 3.71. The number of nitrogens with zero attached hydrogens (tertiary/aromatic N) is 3. The predicted molar refractivity (Wildman–Crippen MR) is 42.2 cm³/mol. The summed E-state index contributed by atoms with van der Waals surface area (Å²) >= 11 is 0. The predicted octanol–water partition coefficient (Wildman–Crippen LogP) is 0.724. The molecule has 5 nitrogen and oxygen atoms in total. The highest BCUT2D eigenvalue weighted by atomic mass is 19.1. The first-order chi connectivity index (χ1) is 5.90. The zero-order valence-corrected chi connectivity index (χ0v) is 7.36. The molecule has 0 aliphatic rings. The number of carboxylic acids is 1. The lowest BCUT2D eigenvalue weighted by Crippen LogP contribution is -2.24. The minimum Gasteiger partial charge on any atom is -0.476 e. The molecule has 1 N–H and O–H groups in total. The second kappa shape index (κ2) is 3.12. The topological polar surface area (TPSA) is 68.0 Å². The first-order valence-electron chi connectivity index (χ1n) is 3.71. The van der Waals surface area contributed by atoms with Gasteiger partial charge in [0.05, 0.1) is 12.7 Å². The molecule has 0 fully saturated rings. The van der Waals surface area contributed by atoms with Crippen LogP contribution in [-0.4, -0.2) is 31.7 Å². The van der Waals surface area contributed by atoms with Crippen LogP contribution in [-0.2, 0) is 6.54 Å². The first kappa shape index (κ1) is 9.63. The van der Waals surface area contributed by atoms with Crippen LogP contribution in [0.25, 0.3) is 0 Å². The Labute approximate surface area is 74.2 Å². The third-order valence-electron chi connectivity index (χ3n) is 1.36. The maximum Gasteiger partial charge on any atom is 0.355 e. The maximum atomic E-state index is 13.1. The van der Waals surface area contributed by atoms with E-state index in [1.807, 2.05) is 0 Å². The maximum absolute atomic E-state index is 13.1. The minimum absolute atomic E-state index is 0.106. The monoisotopic (exact) mass is 187 g/mol. The molecule has 0 atom stereocenters. The molecule has 72 valence electrons. The van der Waals surface area contributed by atoms with E-state index >= 15 is 0 Å². The van der Waals surface area contributed by atoms with Crippen molar-refractivity contribution >= 4 is 5.97 Å². The molecule has 1 aromatic heterocycles. The molecule has 0 unspecified atom stereocenters. The molecule has 0 saturated carbocycles. The van der Waals surface area contributed by atoms with Crippen LogP contribution in [0.1, 0.15) is 24.3 Å². The van der Waals surface area contributed by atoms with Gasteiger partial charge in [-0.3, -0.25) is 0 Å². The molecule has 13 heavy (non-hydrogen) atoms. The van der Waals surface area contributed by atoms with E-state index in [0.717, 1.165) is 10.9 Å². The van der Waals surface area contributed by atoms with Crippen molar-refractivity contribution in [2.45, 2.75) is 26.1 Å². The Bertz CT molecular complexity index is 316. The molecule has 0 bridgehead atoms. The van der Waals surface area contributed by atoms with Crippen LogP contribution in [0, 0.1) is 0 Å². The van der Waals surface area contributed by atoms with Crippen molar-refractivity contribution in [3.05, 3.63) is 11.9 Å². The normalized spacial score (nSPS) is 11.6. The van der Waals surface area contributed by atoms with E-state index in [2.05, 4.69) is 10.3 Å². The SMILES string of the molecule is CC(C)(F)Cn1nncc1C(=O)O. The van der Waals surface area contributed by atoms with Crippen LogP contribution in [0.5, 0.6) is 0 Å². The third kappa shape index (κ3) is 2.50. The summed E-state index contributed by atoms with van der Waals surface area (Å²) < 4.78 is 14.1. The van der Waals surface area contributed by atoms with Crippen molar-refractivity contribution in [3.8, 4) is 0 Å². The van der Waals surface area contributed by atoms with Gasteiger partial charge in [0.15, 0.2) is 5.69 Å². The van der Waals surface area contributed by atoms with Crippen LogP contribution < -0.4 is 0 Å². The van der Waals surface area contributed by atoms with E-state index < -0.39 is 11.6 Å². The summed E-state index contributed by atoms with van der Waals surface area (Å²) in [5, 5.41) is 15.5. The van der Waals surface area contributed by atoms with E-state index in [-0.39, 0.29) is 12.2 Å². The fourth-order valence-electron chi connectivity index (χ4n) is 0.896. The number of aromatic nitrogens is 3. The standard InChI is InChI=1S/C7H10FN3O2/c1-7(2,8)4-11-5(6(12)13)3-9-10-11/h3H,4H2,1-2H3,(H,12,13). The van der Waals surface area contributed by atoms with E-state index in [0.29, 0.717) is 0 Å². The van der Waals surface area contributed by atoms with Crippen LogP contribution >= 0.6 is 0 Å². The fraction of sp³-hybridized carbons (Fsp3) is 0.571. The Balaban J connectivity index is 2.89. The number of alkyl halides is 1. The average Bonchev–Trinajstić information content (AvgIpc) is 2.31. The Morgan fingerprint density at radius 1 is 1.77 bits per heavy atom. The molecule has 0 radical (unpaired) electrons. The summed E-state index contributed by atoms with van der Waals surface area (Å²) in [7, 11) is 0. The molecule has 1 rings (SSSR count). The van der Waals surface area contributed by atoms with E-state index in [1.54, 1.807) is 0 Å². The van der Waals surface area contributed by atoms with Crippen molar-refractivity contribution in [2.24, 2.45) is 0 Å². The van der Waals surface area contributed by atoms with E-state index in [1.165, 1.54) is 13.8 Å². The molecule has 1 heterocycles. The number of rotatable bonds is 3. The van der Waals surface area contributed by atoms with E-state index in [4.69, 9.17) is 5.11 Å². The second-order valence-corrected chi connectivity index (χ2v) is 3.30. The van der Waals surface area contributed by atoms with Gasteiger partial charge in [0, 0.05) is 0 Å². The molecular weight excluding hydrogens is 177 g/mol. The Morgan fingerprint density at radius 3 is 2.85 bits per heavy atom. The molecule has 6 heteroatoms. The van der Waals surface area contributed by atoms with E-state index in [9.17, 15) is 9.18 Å². The van der Waals surface area contributed by atoms with Crippen molar-refractivity contribution in [3.63, 3.8) is 0 Å². The lowest BCUT2D eigenvalue weighted by Gasteiger charge is -2.13. The van der Waals surface area contributed by atoms with Gasteiger partial charge in [0.25, 0.3) is 0 Å². The largest absolute Gasteiger partial charge is 0.476 e. The average molecular weight is 187 g/mol. The molecule has 0 amide bonds. The van der Waals surface area contributed by atoms with Gasteiger partial charge < -0.3 is 5.11 Å². The lowest BCUT2D eigenvalue weighted by atomic mass is 10.2.